The van der Waals surface area contributed by atoms with Crippen molar-refractivity contribution in [3.63, 3.8) is 0 Å². The van der Waals surface area contributed by atoms with E-state index in [2.05, 4.69) is 0 Å². The molecule has 2 aromatic carbocycles. The van der Waals surface area contributed by atoms with E-state index in [1.165, 1.54) is 6.20 Å². The molecule has 1 saturated heterocycles. The lowest BCUT2D eigenvalue weighted by Crippen LogP contribution is -2.60. The minimum Gasteiger partial charge on any atom is -0.480 e. The molecule has 1 aromatic heterocycles. The molecule has 0 saturated carbocycles. The second kappa shape index (κ2) is 9.53. The zero-order valence-corrected chi connectivity index (χ0v) is 18.2. The lowest BCUT2D eigenvalue weighted by molar-refractivity contribution is -0.277. The van der Waals surface area contributed by atoms with Crippen molar-refractivity contribution in [2.45, 2.75) is 44.2 Å². The summed E-state index contributed by atoms with van der Waals surface area (Å²) in [5, 5.41) is 49.5. The molecule has 34 heavy (non-hydrogen) atoms. The van der Waals surface area contributed by atoms with Crippen molar-refractivity contribution >= 4 is 16.7 Å². The largest absolute Gasteiger partial charge is 0.480 e. The Bertz CT molecular complexity index is 1270. The molecule has 2 heterocycles. The van der Waals surface area contributed by atoms with Crippen LogP contribution in [-0.4, -0.2) is 73.4 Å². The highest BCUT2D eigenvalue weighted by atomic mass is 16.7. The smallest absolute Gasteiger partial charge is 0.323 e. The standard InChI is InChI=1S/C24H25NO9/c1-12-8-14(4-5-17(12)33-24-22(31)21(30)20(29)18(11-26)34-24)15-3-2-13-6-7-25(10-19(27)28)23(32)16(13)9-15/h2-9,18,20-22,24,26,29-31H,10-11H2,1H3,(H,27,28)/t18-,20-,21+,22+,24+/m1/s1. The summed E-state index contributed by atoms with van der Waals surface area (Å²) in [7, 11) is 0. The van der Waals surface area contributed by atoms with E-state index in [4.69, 9.17) is 14.6 Å². The van der Waals surface area contributed by atoms with E-state index in [0.29, 0.717) is 22.1 Å². The molecule has 10 nitrogen and oxygen atoms in total. The first-order valence-corrected chi connectivity index (χ1v) is 10.6. The van der Waals surface area contributed by atoms with Gasteiger partial charge in [0.15, 0.2) is 0 Å². The average Bonchev–Trinajstić information content (AvgIpc) is 2.82. The zero-order valence-electron chi connectivity index (χ0n) is 18.2. The van der Waals surface area contributed by atoms with Gasteiger partial charge in [-0.3, -0.25) is 9.59 Å². The third kappa shape index (κ3) is 4.54. The number of pyridine rings is 1. The van der Waals surface area contributed by atoms with Gasteiger partial charge in [-0.05, 0) is 53.3 Å². The molecule has 0 radical (unpaired) electrons. The summed E-state index contributed by atoms with van der Waals surface area (Å²) >= 11 is 0. The van der Waals surface area contributed by atoms with Gasteiger partial charge < -0.3 is 39.6 Å². The van der Waals surface area contributed by atoms with Gasteiger partial charge in [0.05, 0.1) is 6.61 Å². The van der Waals surface area contributed by atoms with E-state index in [9.17, 15) is 30.0 Å². The van der Waals surface area contributed by atoms with Crippen LogP contribution in [0.3, 0.4) is 0 Å². The number of nitrogens with zero attached hydrogens (tertiary/aromatic N) is 1. The maximum atomic E-state index is 12.7. The SMILES string of the molecule is Cc1cc(-c2ccc3ccn(CC(=O)O)c(=O)c3c2)ccc1O[C@H]1O[C@H](CO)[C@@H](O)[C@H](O)[C@@H]1O. The van der Waals surface area contributed by atoms with Crippen LogP contribution in [0.1, 0.15) is 5.56 Å². The van der Waals surface area contributed by atoms with Gasteiger partial charge in [0.25, 0.3) is 5.56 Å². The fourth-order valence-corrected chi connectivity index (χ4v) is 3.98. The second-order valence-electron chi connectivity index (χ2n) is 8.24. The summed E-state index contributed by atoms with van der Waals surface area (Å²) < 4.78 is 12.2. The minimum atomic E-state index is -1.54. The Morgan fingerprint density at radius 1 is 1.03 bits per heavy atom. The molecule has 0 bridgehead atoms. The number of aliphatic hydroxyl groups is 4. The second-order valence-corrected chi connectivity index (χ2v) is 8.24. The molecule has 0 aliphatic carbocycles. The molecular weight excluding hydrogens is 446 g/mol. The molecule has 0 unspecified atom stereocenters. The Morgan fingerprint density at radius 3 is 2.41 bits per heavy atom. The third-order valence-electron chi connectivity index (χ3n) is 5.88. The summed E-state index contributed by atoms with van der Waals surface area (Å²) in [5.74, 6) is -0.749. The zero-order chi connectivity index (χ0) is 24.6. The quantitative estimate of drug-likeness (QED) is 0.339. The Labute approximate surface area is 193 Å². The number of carboxylic acids is 1. The number of benzene rings is 2. The Morgan fingerprint density at radius 2 is 1.74 bits per heavy atom. The molecule has 1 aliphatic heterocycles. The van der Waals surface area contributed by atoms with Crippen molar-refractivity contribution in [2.24, 2.45) is 0 Å². The number of carbonyl (C=O) groups is 1. The van der Waals surface area contributed by atoms with Gasteiger partial charge in [-0.1, -0.05) is 18.2 Å². The van der Waals surface area contributed by atoms with Crippen molar-refractivity contribution < 1.29 is 39.8 Å². The fraction of sp³-hybridized carbons (Fsp3) is 0.333. The van der Waals surface area contributed by atoms with E-state index in [1.807, 2.05) is 6.07 Å². The summed E-state index contributed by atoms with van der Waals surface area (Å²) in [5.41, 5.74) is 1.78. The predicted molar refractivity (Wildman–Crippen MR) is 120 cm³/mol. The van der Waals surface area contributed by atoms with Crippen LogP contribution >= 0.6 is 0 Å². The van der Waals surface area contributed by atoms with Crippen LogP contribution in [0.2, 0.25) is 0 Å². The summed E-state index contributed by atoms with van der Waals surface area (Å²) in [4.78, 5) is 23.7. The molecule has 1 fully saturated rings. The first kappa shape index (κ1) is 23.9. The van der Waals surface area contributed by atoms with Crippen LogP contribution < -0.4 is 10.3 Å². The van der Waals surface area contributed by atoms with Crippen molar-refractivity contribution in [1.29, 1.82) is 0 Å². The Balaban J connectivity index is 1.61. The Kier molecular flexibility index (Phi) is 6.69. The number of ether oxygens (including phenoxy) is 2. The van der Waals surface area contributed by atoms with E-state index >= 15 is 0 Å². The number of hydrogen-bond acceptors (Lipinski definition) is 8. The van der Waals surface area contributed by atoms with Gasteiger partial charge in [0.2, 0.25) is 6.29 Å². The van der Waals surface area contributed by atoms with Gasteiger partial charge in [-0.25, -0.2) is 0 Å². The molecule has 1 aliphatic rings. The number of rotatable bonds is 6. The van der Waals surface area contributed by atoms with Gasteiger partial charge in [-0.2, -0.15) is 0 Å². The van der Waals surface area contributed by atoms with E-state index in [0.717, 1.165) is 15.7 Å². The van der Waals surface area contributed by atoms with Crippen LogP contribution in [0.4, 0.5) is 0 Å². The number of aliphatic hydroxyl groups excluding tert-OH is 4. The van der Waals surface area contributed by atoms with Crippen LogP contribution in [0, 0.1) is 6.92 Å². The number of aryl methyl sites for hydroxylation is 1. The fourth-order valence-electron chi connectivity index (χ4n) is 3.98. The monoisotopic (exact) mass is 471 g/mol. The molecular formula is C24H25NO9. The third-order valence-corrected chi connectivity index (χ3v) is 5.88. The highest BCUT2D eigenvalue weighted by molar-refractivity contribution is 5.87. The number of aliphatic carboxylic acids is 1. The minimum absolute atomic E-state index is 0.359. The summed E-state index contributed by atoms with van der Waals surface area (Å²) in [6.07, 6.45) is -5.47. The van der Waals surface area contributed by atoms with Gasteiger partial charge in [-0.15, -0.1) is 0 Å². The molecule has 0 amide bonds. The lowest BCUT2D eigenvalue weighted by atomic mass is 9.99. The number of fused-ring (bicyclic) bond motifs is 1. The van der Waals surface area contributed by atoms with E-state index in [1.54, 1.807) is 43.3 Å². The maximum absolute atomic E-state index is 12.7. The van der Waals surface area contributed by atoms with Crippen LogP contribution in [0.15, 0.2) is 53.5 Å². The molecule has 180 valence electrons. The highest BCUT2D eigenvalue weighted by Gasteiger charge is 2.44. The first-order chi connectivity index (χ1) is 16.2. The number of aromatic nitrogens is 1. The predicted octanol–water partition coefficient (Wildman–Crippen LogP) is 0.240. The van der Waals surface area contributed by atoms with Crippen molar-refractivity contribution in [2.75, 3.05) is 6.61 Å². The number of hydrogen-bond donors (Lipinski definition) is 5. The molecule has 4 rings (SSSR count). The molecule has 3 aromatic rings. The van der Waals surface area contributed by atoms with E-state index < -0.39 is 55.4 Å². The molecule has 5 N–H and O–H groups in total. The van der Waals surface area contributed by atoms with Crippen molar-refractivity contribution in [1.82, 2.24) is 4.57 Å². The molecule has 0 spiro atoms. The van der Waals surface area contributed by atoms with Gasteiger partial charge in [0, 0.05) is 11.6 Å². The van der Waals surface area contributed by atoms with Crippen molar-refractivity contribution in [3.8, 4) is 16.9 Å². The lowest BCUT2D eigenvalue weighted by Gasteiger charge is -2.39. The normalized spacial score (nSPS) is 24.8. The Hall–Kier alpha value is -3.28. The molecule has 5 atom stereocenters. The summed E-state index contributed by atoms with van der Waals surface area (Å²) in [6, 6.07) is 12.2. The topological polar surface area (TPSA) is 159 Å². The number of carboxylic acid groups (broad SMARTS) is 1. The van der Waals surface area contributed by atoms with Gasteiger partial charge >= 0.3 is 5.97 Å². The molecule has 10 heteroatoms. The van der Waals surface area contributed by atoms with Crippen LogP contribution in [-0.2, 0) is 16.1 Å². The maximum Gasteiger partial charge on any atom is 0.323 e. The average molecular weight is 471 g/mol. The summed E-state index contributed by atoms with van der Waals surface area (Å²) in [6.45, 7) is 0.782. The van der Waals surface area contributed by atoms with E-state index in [-0.39, 0.29) is 0 Å². The van der Waals surface area contributed by atoms with Gasteiger partial charge in [0.1, 0.15) is 36.7 Å². The van der Waals surface area contributed by atoms with Crippen LogP contribution in [0.25, 0.3) is 21.9 Å². The van der Waals surface area contributed by atoms with Crippen LogP contribution in [0.5, 0.6) is 5.75 Å². The van der Waals surface area contributed by atoms with Crippen molar-refractivity contribution in [3.05, 3.63) is 64.6 Å². The highest BCUT2D eigenvalue weighted by Crippen LogP contribution is 2.30. The first-order valence-electron chi connectivity index (χ1n) is 10.6.